The number of benzene rings is 2. The Hall–Kier alpha value is -3.13. The van der Waals surface area contributed by atoms with E-state index in [2.05, 4.69) is 4.98 Å². The van der Waals surface area contributed by atoms with Gasteiger partial charge in [0.1, 0.15) is 5.75 Å². The van der Waals surface area contributed by atoms with Crippen molar-refractivity contribution < 1.29 is 9.53 Å². The van der Waals surface area contributed by atoms with Crippen molar-refractivity contribution in [1.82, 2.24) is 4.57 Å². The molecule has 5 heteroatoms. The molecule has 0 bridgehead atoms. The SMILES string of the molecule is COc1ccc2c(c1)cc(C=O)n2Cc1cccc([N+]#N)c1. The summed E-state index contributed by atoms with van der Waals surface area (Å²) >= 11 is 0. The highest BCUT2D eigenvalue weighted by Gasteiger charge is 2.11. The standard InChI is InChI=1S/C17H14N3O2/c1-22-16-5-6-17-13(9-16)8-15(11-21)20(17)10-12-3-2-4-14(7-12)19-18/h2-9,11H,10H2,1H3/q+1. The van der Waals surface area contributed by atoms with Crippen molar-refractivity contribution in [2.45, 2.75) is 6.54 Å². The molecule has 108 valence electrons. The molecule has 0 atom stereocenters. The minimum Gasteiger partial charge on any atom is -0.497 e. The first-order chi connectivity index (χ1) is 10.7. The molecule has 0 aliphatic carbocycles. The van der Waals surface area contributed by atoms with E-state index in [1.807, 2.05) is 41.0 Å². The number of ether oxygens (including phenoxy) is 1. The average Bonchev–Trinajstić information content (AvgIpc) is 2.91. The van der Waals surface area contributed by atoms with E-state index in [4.69, 9.17) is 10.1 Å². The molecule has 3 rings (SSSR count). The molecule has 22 heavy (non-hydrogen) atoms. The predicted octanol–water partition coefficient (Wildman–Crippen LogP) is 4.00. The highest BCUT2D eigenvalue weighted by Crippen LogP contribution is 2.25. The zero-order chi connectivity index (χ0) is 15.5. The average molecular weight is 292 g/mol. The van der Waals surface area contributed by atoms with Crippen molar-refractivity contribution in [2.75, 3.05) is 7.11 Å². The van der Waals surface area contributed by atoms with E-state index < -0.39 is 0 Å². The van der Waals surface area contributed by atoms with Crippen molar-refractivity contribution >= 4 is 22.9 Å². The molecule has 0 saturated carbocycles. The first kappa shape index (κ1) is 13.8. The molecule has 0 aliphatic heterocycles. The fourth-order valence-corrected chi connectivity index (χ4v) is 2.57. The Kier molecular flexibility index (Phi) is 3.58. The number of nitrogens with zero attached hydrogens (tertiary/aromatic N) is 3. The number of methoxy groups -OCH3 is 1. The summed E-state index contributed by atoms with van der Waals surface area (Å²) in [6, 6.07) is 14.8. The van der Waals surface area contributed by atoms with Crippen LogP contribution in [-0.4, -0.2) is 18.0 Å². The van der Waals surface area contributed by atoms with E-state index >= 15 is 0 Å². The van der Waals surface area contributed by atoms with Crippen LogP contribution >= 0.6 is 0 Å². The highest BCUT2D eigenvalue weighted by molar-refractivity contribution is 5.89. The van der Waals surface area contributed by atoms with Crippen LogP contribution in [0.2, 0.25) is 0 Å². The number of fused-ring (bicyclic) bond motifs is 1. The van der Waals surface area contributed by atoms with Gasteiger partial charge in [-0.05, 0) is 29.8 Å². The Labute approximate surface area is 127 Å². The van der Waals surface area contributed by atoms with Crippen LogP contribution in [0.15, 0.2) is 48.5 Å². The minimum absolute atomic E-state index is 0.489. The van der Waals surface area contributed by atoms with Gasteiger partial charge in [0.05, 0.1) is 12.8 Å². The normalized spacial score (nSPS) is 10.4. The second-order valence-electron chi connectivity index (χ2n) is 4.97. The molecule has 0 saturated heterocycles. The van der Waals surface area contributed by atoms with Crippen LogP contribution in [0.3, 0.4) is 0 Å². The third kappa shape index (κ3) is 2.42. The summed E-state index contributed by atoms with van der Waals surface area (Å²) in [5, 5.41) is 9.82. The van der Waals surface area contributed by atoms with E-state index in [-0.39, 0.29) is 0 Å². The molecule has 1 heterocycles. The summed E-state index contributed by atoms with van der Waals surface area (Å²) in [7, 11) is 1.61. The van der Waals surface area contributed by atoms with Crippen molar-refractivity contribution in [3.05, 3.63) is 64.8 Å². The van der Waals surface area contributed by atoms with E-state index in [0.29, 0.717) is 17.9 Å². The number of carbonyl (C=O) groups excluding carboxylic acids is 1. The van der Waals surface area contributed by atoms with Gasteiger partial charge in [0.2, 0.25) is 5.39 Å². The van der Waals surface area contributed by atoms with E-state index in [0.717, 1.165) is 28.5 Å². The lowest BCUT2D eigenvalue weighted by Gasteiger charge is -2.08. The summed E-state index contributed by atoms with van der Waals surface area (Å²) in [6.07, 6.45) is 0.840. The maximum Gasteiger partial charge on any atom is 0.385 e. The van der Waals surface area contributed by atoms with Gasteiger partial charge in [0, 0.05) is 29.6 Å². The zero-order valence-electron chi connectivity index (χ0n) is 12.1. The molecule has 3 aromatic rings. The maximum absolute atomic E-state index is 11.4. The van der Waals surface area contributed by atoms with Crippen LogP contribution in [0.4, 0.5) is 5.69 Å². The van der Waals surface area contributed by atoms with Crippen molar-refractivity contribution in [2.24, 2.45) is 0 Å². The first-order valence-electron chi connectivity index (χ1n) is 6.81. The van der Waals surface area contributed by atoms with Crippen LogP contribution in [0.5, 0.6) is 5.75 Å². The van der Waals surface area contributed by atoms with Gasteiger partial charge >= 0.3 is 5.69 Å². The van der Waals surface area contributed by atoms with Gasteiger partial charge < -0.3 is 9.30 Å². The second kappa shape index (κ2) is 5.70. The van der Waals surface area contributed by atoms with Gasteiger partial charge in [-0.2, -0.15) is 0 Å². The summed E-state index contributed by atoms with van der Waals surface area (Å²) in [6.45, 7) is 0.521. The largest absolute Gasteiger partial charge is 0.497 e. The molecular formula is C17H14N3O2+. The number of aromatic nitrogens is 1. The molecule has 0 N–H and O–H groups in total. The van der Waals surface area contributed by atoms with Gasteiger partial charge in [0.25, 0.3) is 0 Å². The molecule has 0 spiro atoms. The fraction of sp³-hybridized carbons (Fsp3) is 0.118. The van der Waals surface area contributed by atoms with Crippen LogP contribution in [-0.2, 0) is 6.54 Å². The first-order valence-corrected chi connectivity index (χ1v) is 6.81. The van der Waals surface area contributed by atoms with Gasteiger partial charge in [-0.3, -0.25) is 4.79 Å². The molecule has 0 fully saturated rings. The molecular weight excluding hydrogens is 278 g/mol. The van der Waals surface area contributed by atoms with Crippen LogP contribution in [0.1, 0.15) is 16.1 Å². The lowest BCUT2D eigenvalue weighted by Crippen LogP contribution is -2.03. The molecule has 0 aliphatic rings. The molecule has 2 aromatic carbocycles. The third-order valence-corrected chi connectivity index (χ3v) is 3.63. The monoisotopic (exact) mass is 292 g/mol. The van der Waals surface area contributed by atoms with E-state index in [9.17, 15) is 4.79 Å². The Morgan fingerprint density at radius 2 is 2.09 bits per heavy atom. The summed E-state index contributed by atoms with van der Waals surface area (Å²) in [5.74, 6) is 0.753. The number of hydrogen-bond acceptors (Lipinski definition) is 3. The van der Waals surface area contributed by atoms with Crippen molar-refractivity contribution in [3.63, 3.8) is 0 Å². The van der Waals surface area contributed by atoms with Gasteiger partial charge in [-0.15, -0.1) is 0 Å². The van der Waals surface area contributed by atoms with E-state index in [1.54, 1.807) is 19.2 Å². The van der Waals surface area contributed by atoms with Gasteiger partial charge in [0.15, 0.2) is 11.3 Å². The number of carbonyl (C=O) groups is 1. The fourth-order valence-electron chi connectivity index (χ4n) is 2.57. The van der Waals surface area contributed by atoms with Gasteiger partial charge in [-0.1, -0.05) is 12.1 Å². The number of hydrogen-bond donors (Lipinski definition) is 0. The van der Waals surface area contributed by atoms with Crippen molar-refractivity contribution in [3.8, 4) is 5.75 Å². The smallest absolute Gasteiger partial charge is 0.385 e. The van der Waals surface area contributed by atoms with Crippen molar-refractivity contribution in [1.29, 1.82) is 5.39 Å². The van der Waals surface area contributed by atoms with E-state index in [1.165, 1.54) is 0 Å². The Balaban J connectivity index is 2.09. The molecule has 0 unspecified atom stereocenters. The maximum atomic E-state index is 11.4. The molecule has 0 radical (unpaired) electrons. The van der Waals surface area contributed by atoms with Crippen LogP contribution < -0.4 is 4.74 Å². The molecule has 5 nitrogen and oxygen atoms in total. The lowest BCUT2D eigenvalue weighted by atomic mass is 10.2. The Morgan fingerprint density at radius 1 is 1.23 bits per heavy atom. The molecule has 0 amide bonds. The zero-order valence-corrected chi connectivity index (χ0v) is 12.1. The summed E-state index contributed by atoms with van der Waals surface area (Å²) < 4.78 is 7.14. The quantitative estimate of drug-likeness (QED) is 0.539. The topological polar surface area (TPSA) is 59.4 Å². The van der Waals surface area contributed by atoms with Crippen LogP contribution in [0, 0.1) is 5.39 Å². The minimum atomic E-state index is 0.489. The Morgan fingerprint density at radius 3 is 2.82 bits per heavy atom. The highest BCUT2D eigenvalue weighted by atomic mass is 16.5. The summed E-state index contributed by atoms with van der Waals surface area (Å²) in [5.41, 5.74) is 2.99. The predicted molar refractivity (Wildman–Crippen MR) is 84.2 cm³/mol. The number of aldehydes is 1. The lowest BCUT2D eigenvalue weighted by molar-refractivity contribution is 0.111. The Bertz CT molecular complexity index is 891. The second-order valence-corrected chi connectivity index (χ2v) is 4.97. The third-order valence-electron chi connectivity index (χ3n) is 3.63. The molecule has 1 aromatic heterocycles. The summed E-state index contributed by atoms with van der Waals surface area (Å²) in [4.78, 5) is 14.5. The number of rotatable bonds is 4. The van der Waals surface area contributed by atoms with Crippen LogP contribution in [0.25, 0.3) is 15.9 Å². The van der Waals surface area contributed by atoms with Gasteiger partial charge in [-0.25, -0.2) is 0 Å². The number of diazo groups is 1.